The van der Waals surface area contributed by atoms with Crippen molar-refractivity contribution in [1.29, 1.82) is 0 Å². The lowest BCUT2D eigenvalue weighted by Gasteiger charge is -2.04. The molecule has 2 nitrogen and oxygen atoms in total. The van der Waals surface area contributed by atoms with Crippen LogP contribution in [0.2, 0.25) is 0 Å². The van der Waals surface area contributed by atoms with Crippen molar-refractivity contribution in [3.05, 3.63) is 18.0 Å². The standard InChI is InChI=1S/C6H8Br2N2/c1-5-2-3-10(9-5)6(8)4-7/h2-3,6H,4H2,1H3. The van der Waals surface area contributed by atoms with Gasteiger partial charge < -0.3 is 0 Å². The second kappa shape index (κ2) is 3.53. The van der Waals surface area contributed by atoms with Crippen molar-refractivity contribution in [1.82, 2.24) is 9.78 Å². The van der Waals surface area contributed by atoms with Crippen molar-refractivity contribution >= 4 is 31.9 Å². The van der Waals surface area contributed by atoms with Gasteiger partial charge in [0.05, 0.1) is 5.69 Å². The van der Waals surface area contributed by atoms with Crippen LogP contribution in [0.15, 0.2) is 12.3 Å². The highest BCUT2D eigenvalue weighted by Gasteiger charge is 2.03. The molecule has 0 amide bonds. The van der Waals surface area contributed by atoms with Gasteiger partial charge >= 0.3 is 0 Å². The zero-order valence-electron chi connectivity index (χ0n) is 5.59. The molecule has 0 saturated heterocycles. The minimum Gasteiger partial charge on any atom is -0.258 e. The molecule has 1 rings (SSSR count). The van der Waals surface area contributed by atoms with Gasteiger partial charge in [-0.25, -0.2) is 0 Å². The van der Waals surface area contributed by atoms with Crippen molar-refractivity contribution in [2.75, 3.05) is 5.33 Å². The average molecular weight is 268 g/mol. The van der Waals surface area contributed by atoms with E-state index in [-0.39, 0.29) is 4.95 Å². The molecule has 10 heavy (non-hydrogen) atoms. The van der Waals surface area contributed by atoms with Crippen LogP contribution in [0.1, 0.15) is 10.6 Å². The molecule has 0 aliphatic carbocycles. The van der Waals surface area contributed by atoms with Crippen LogP contribution in [-0.2, 0) is 0 Å². The molecule has 0 spiro atoms. The van der Waals surface area contributed by atoms with E-state index >= 15 is 0 Å². The van der Waals surface area contributed by atoms with Gasteiger partial charge in [-0.05, 0) is 13.0 Å². The summed E-state index contributed by atoms with van der Waals surface area (Å²) in [6.07, 6.45) is 1.95. The Balaban J connectivity index is 2.74. The van der Waals surface area contributed by atoms with Gasteiger partial charge in [0.2, 0.25) is 0 Å². The molecule has 56 valence electrons. The van der Waals surface area contributed by atoms with E-state index in [1.54, 1.807) is 0 Å². The van der Waals surface area contributed by atoms with Crippen LogP contribution >= 0.6 is 31.9 Å². The molecule has 0 fully saturated rings. The summed E-state index contributed by atoms with van der Waals surface area (Å²) in [4.78, 5) is 0.265. The van der Waals surface area contributed by atoms with Gasteiger partial charge in [-0.3, -0.25) is 4.68 Å². The number of hydrogen-bond acceptors (Lipinski definition) is 1. The second-order valence-electron chi connectivity index (χ2n) is 2.03. The lowest BCUT2D eigenvalue weighted by molar-refractivity contribution is 0.655. The molecule has 0 radical (unpaired) electrons. The number of hydrogen-bond donors (Lipinski definition) is 0. The lowest BCUT2D eigenvalue weighted by Crippen LogP contribution is -2.03. The largest absolute Gasteiger partial charge is 0.258 e. The molecular weight excluding hydrogens is 260 g/mol. The fourth-order valence-corrected chi connectivity index (χ4v) is 1.18. The molecule has 1 atom stereocenters. The van der Waals surface area contributed by atoms with Crippen LogP contribution in [0, 0.1) is 6.92 Å². The number of halogens is 2. The first kappa shape index (κ1) is 8.27. The fraction of sp³-hybridized carbons (Fsp3) is 0.500. The predicted molar refractivity (Wildman–Crippen MR) is 48.7 cm³/mol. The van der Waals surface area contributed by atoms with Crippen LogP contribution in [0.3, 0.4) is 0 Å². The van der Waals surface area contributed by atoms with E-state index in [9.17, 15) is 0 Å². The highest BCUT2D eigenvalue weighted by Crippen LogP contribution is 2.15. The highest BCUT2D eigenvalue weighted by atomic mass is 79.9. The summed E-state index contributed by atoms with van der Waals surface area (Å²) < 4.78 is 1.88. The fourth-order valence-electron chi connectivity index (χ4n) is 0.660. The Morgan fingerprint density at radius 1 is 1.80 bits per heavy atom. The molecule has 0 aromatic carbocycles. The monoisotopic (exact) mass is 266 g/mol. The van der Waals surface area contributed by atoms with Crippen molar-refractivity contribution in [3.8, 4) is 0 Å². The van der Waals surface area contributed by atoms with Gasteiger partial charge in [0.1, 0.15) is 4.95 Å². The van der Waals surface area contributed by atoms with Crippen molar-refractivity contribution in [2.24, 2.45) is 0 Å². The van der Waals surface area contributed by atoms with Crippen molar-refractivity contribution in [2.45, 2.75) is 11.9 Å². The van der Waals surface area contributed by atoms with E-state index in [1.165, 1.54) is 0 Å². The van der Waals surface area contributed by atoms with Gasteiger partial charge in [-0.2, -0.15) is 5.10 Å². The van der Waals surface area contributed by atoms with E-state index in [1.807, 2.05) is 23.9 Å². The topological polar surface area (TPSA) is 17.8 Å². The molecule has 0 aliphatic heterocycles. The van der Waals surface area contributed by atoms with Crippen LogP contribution in [0.4, 0.5) is 0 Å². The first-order valence-corrected chi connectivity index (χ1v) is 4.99. The number of aromatic nitrogens is 2. The minimum atomic E-state index is 0.265. The van der Waals surface area contributed by atoms with Gasteiger partial charge in [0, 0.05) is 11.5 Å². The second-order valence-corrected chi connectivity index (χ2v) is 3.73. The Hall–Kier alpha value is 0.170. The Morgan fingerprint density at radius 3 is 2.90 bits per heavy atom. The quantitative estimate of drug-likeness (QED) is 0.753. The van der Waals surface area contributed by atoms with Gasteiger partial charge in [-0.15, -0.1) is 0 Å². The summed E-state index contributed by atoms with van der Waals surface area (Å²) in [5.41, 5.74) is 1.05. The van der Waals surface area contributed by atoms with E-state index in [0.29, 0.717) is 0 Å². The molecule has 0 saturated carbocycles. The number of rotatable bonds is 2. The van der Waals surface area contributed by atoms with E-state index in [0.717, 1.165) is 11.0 Å². The van der Waals surface area contributed by atoms with Gasteiger partial charge in [-0.1, -0.05) is 31.9 Å². The molecule has 0 bridgehead atoms. The maximum atomic E-state index is 4.22. The zero-order chi connectivity index (χ0) is 7.56. The lowest BCUT2D eigenvalue weighted by atomic mass is 10.5. The normalized spacial score (nSPS) is 13.5. The first-order chi connectivity index (χ1) is 4.74. The maximum Gasteiger partial charge on any atom is 0.116 e. The van der Waals surface area contributed by atoms with E-state index in [2.05, 4.69) is 37.0 Å². The number of nitrogens with zero attached hydrogens (tertiary/aromatic N) is 2. The molecular formula is C6H8Br2N2. The molecule has 4 heteroatoms. The van der Waals surface area contributed by atoms with Crippen LogP contribution in [0.25, 0.3) is 0 Å². The maximum absolute atomic E-state index is 4.22. The minimum absolute atomic E-state index is 0.265. The Bertz CT molecular complexity index is 209. The molecule has 1 unspecified atom stereocenters. The third-order valence-corrected chi connectivity index (χ3v) is 3.38. The number of aryl methyl sites for hydroxylation is 1. The number of alkyl halides is 2. The molecule has 0 N–H and O–H groups in total. The molecule has 0 aliphatic rings. The van der Waals surface area contributed by atoms with Crippen LogP contribution in [-0.4, -0.2) is 15.1 Å². The third-order valence-electron chi connectivity index (χ3n) is 1.16. The summed E-state index contributed by atoms with van der Waals surface area (Å²) in [6.45, 7) is 1.98. The van der Waals surface area contributed by atoms with Gasteiger partial charge in [0.25, 0.3) is 0 Å². The van der Waals surface area contributed by atoms with Crippen molar-refractivity contribution in [3.63, 3.8) is 0 Å². The summed E-state index contributed by atoms with van der Waals surface area (Å²) >= 11 is 6.80. The molecule has 1 aromatic rings. The van der Waals surface area contributed by atoms with Gasteiger partial charge in [0.15, 0.2) is 0 Å². The smallest absolute Gasteiger partial charge is 0.116 e. The Morgan fingerprint density at radius 2 is 2.50 bits per heavy atom. The van der Waals surface area contributed by atoms with Crippen LogP contribution < -0.4 is 0 Å². The predicted octanol–water partition coefficient (Wildman–Crippen LogP) is 2.48. The third kappa shape index (κ3) is 1.83. The highest BCUT2D eigenvalue weighted by molar-refractivity contribution is 9.11. The summed E-state index contributed by atoms with van der Waals surface area (Å²) in [5, 5.41) is 5.09. The molecule has 1 aromatic heterocycles. The summed E-state index contributed by atoms with van der Waals surface area (Å²) in [5.74, 6) is 0. The van der Waals surface area contributed by atoms with E-state index in [4.69, 9.17) is 0 Å². The van der Waals surface area contributed by atoms with Crippen molar-refractivity contribution < 1.29 is 0 Å². The first-order valence-electron chi connectivity index (χ1n) is 2.96. The average Bonchev–Trinajstić information content (AvgIpc) is 2.34. The van der Waals surface area contributed by atoms with E-state index < -0.39 is 0 Å². The SMILES string of the molecule is Cc1ccn(C(Br)CBr)n1. The Labute approximate surface area is 76.9 Å². The van der Waals surface area contributed by atoms with Crippen LogP contribution in [0.5, 0.6) is 0 Å². The summed E-state index contributed by atoms with van der Waals surface area (Å²) in [6, 6.07) is 1.98. The molecule has 1 heterocycles. The summed E-state index contributed by atoms with van der Waals surface area (Å²) in [7, 11) is 0. The zero-order valence-corrected chi connectivity index (χ0v) is 8.76. The Kier molecular flexibility index (Phi) is 2.92.